The van der Waals surface area contributed by atoms with Gasteiger partial charge in [-0.15, -0.1) is 0 Å². The van der Waals surface area contributed by atoms with Gasteiger partial charge in [-0.25, -0.2) is 0 Å². The summed E-state index contributed by atoms with van der Waals surface area (Å²) in [5, 5.41) is 22.5. The van der Waals surface area contributed by atoms with Crippen LogP contribution in [0, 0.1) is 16.0 Å². The summed E-state index contributed by atoms with van der Waals surface area (Å²) in [6.07, 6.45) is 1.60. The second-order valence-electron chi connectivity index (χ2n) is 4.38. The van der Waals surface area contributed by atoms with E-state index in [9.17, 15) is 24.8 Å². The van der Waals surface area contributed by atoms with Crippen LogP contribution in [0.2, 0.25) is 0 Å². The van der Waals surface area contributed by atoms with Gasteiger partial charge >= 0.3 is 5.97 Å². The van der Waals surface area contributed by atoms with Gasteiger partial charge in [-0.05, 0) is 6.42 Å². The van der Waals surface area contributed by atoms with E-state index in [2.05, 4.69) is 5.32 Å². The van der Waals surface area contributed by atoms with Crippen LogP contribution in [0.1, 0.15) is 29.9 Å². The molecule has 102 valence electrons. The molecule has 0 radical (unpaired) electrons. The van der Waals surface area contributed by atoms with Crippen LogP contribution in [0.4, 0.5) is 5.69 Å². The van der Waals surface area contributed by atoms with Gasteiger partial charge in [-0.3, -0.25) is 19.7 Å². The van der Waals surface area contributed by atoms with E-state index in [0.29, 0.717) is 6.42 Å². The van der Waals surface area contributed by atoms with Crippen LogP contribution < -0.4 is 5.32 Å². The van der Waals surface area contributed by atoms with Crippen molar-refractivity contribution >= 4 is 17.6 Å². The van der Waals surface area contributed by atoms with Crippen molar-refractivity contribution in [1.82, 2.24) is 9.88 Å². The summed E-state index contributed by atoms with van der Waals surface area (Å²) in [5.74, 6) is -2.11. The summed E-state index contributed by atoms with van der Waals surface area (Å²) in [7, 11) is 0. The lowest BCUT2D eigenvalue weighted by Gasteiger charge is -2.30. The number of hydrogen-bond acceptors (Lipinski definition) is 4. The molecule has 0 spiro atoms. The van der Waals surface area contributed by atoms with Gasteiger partial charge in [0.1, 0.15) is 5.69 Å². The Morgan fingerprint density at radius 2 is 2.42 bits per heavy atom. The maximum Gasteiger partial charge on any atom is 0.308 e. The van der Waals surface area contributed by atoms with Gasteiger partial charge in [-0.1, -0.05) is 6.92 Å². The van der Waals surface area contributed by atoms with Crippen LogP contribution in [-0.2, 0) is 4.79 Å². The standard InChI is InChI=1S/C11H13N3O5/c1-2-7(11(16)17)9-4-12-10(15)8-3-6(14(18)19)5-13(8)9/h3,5,7,9H,2,4H2,1H3,(H,12,15)(H,16,17). The first-order valence-electron chi connectivity index (χ1n) is 5.83. The zero-order valence-corrected chi connectivity index (χ0v) is 10.2. The first-order valence-corrected chi connectivity index (χ1v) is 5.83. The minimum absolute atomic E-state index is 0.127. The molecule has 1 aromatic heterocycles. The number of hydrogen-bond donors (Lipinski definition) is 2. The minimum Gasteiger partial charge on any atom is -0.481 e. The van der Waals surface area contributed by atoms with Crippen molar-refractivity contribution in [3.05, 3.63) is 28.1 Å². The number of carboxylic acid groups (broad SMARTS) is 1. The Kier molecular flexibility index (Phi) is 3.24. The summed E-state index contributed by atoms with van der Waals surface area (Å²) in [4.78, 5) is 33.0. The van der Waals surface area contributed by atoms with Gasteiger partial charge in [-0.2, -0.15) is 0 Å². The smallest absolute Gasteiger partial charge is 0.308 e. The average Bonchev–Trinajstić information content (AvgIpc) is 2.78. The molecular formula is C11H13N3O5. The molecule has 8 nitrogen and oxygen atoms in total. The monoisotopic (exact) mass is 267 g/mol. The van der Waals surface area contributed by atoms with Crippen molar-refractivity contribution in [3.8, 4) is 0 Å². The molecule has 0 aromatic carbocycles. The fraction of sp³-hybridized carbons (Fsp3) is 0.455. The summed E-state index contributed by atoms with van der Waals surface area (Å²) >= 11 is 0. The Hall–Kier alpha value is -2.38. The van der Waals surface area contributed by atoms with E-state index in [4.69, 9.17) is 0 Å². The lowest BCUT2D eigenvalue weighted by molar-refractivity contribution is -0.384. The number of carboxylic acids is 1. The van der Waals surface area contributed by atoms with Crippen LogP contribution in [0.25, 0.3) is 0 Å². The summed E-state index contributed by atoms with van der Waals surface area (Å²) in [6.45, 7) is 1.88. The third kappa shape index (κ3) is 2.16. The molecule has 2 unspecified atom stereocenters. The number of carbonyl (C=O) groups excluding carboxylic acids is 1. The second kappa shape index (κ2) is 4.71. The third-order valence-electron chi connectivity index (χ3n) is 3.33. The number of rotatable bonds is 4. The summed E-state index contributed by atoms with van der Waals surface area (Å²) in [5.41, 5.74) is -0.0834. The van der Waals surface area contributed by atoms with Crippen molar-refractivity contribution in [2.75, 3.05) is 6.54 Å². The van der Waals surface area contributed by atoms with Crippen LogP contribution in [-0.4, -0.2) is 33.0 Å². The zero-order valence-electron chi connectivity index (χ0n) is 10.2. The molecule has 0 saturated carbocycles. The maximum absolute atomic E-state index is 11.6. The highest BCUT2D eigenvalue weighted by Crippen LogP contribution is 2.29. The summed E-state index contributed by atoms with van der Waals surface area (Å²) < 4.78 is 1.40. The third-order valence-corrected chi connectivity index (χ3v) is 3.33. The lowest BCUT2D eigenvalue weighted by atomic mass is 9.95. The zero-order chi connectivity index (χ0) is 14.2. The SMILES string of the molecule is CCC(C(=O)O)C1CNC(=O)c2cc([N+](=O)[O-])cn21. The van der Waals surface area contributed by atoms with Crippen LogP contribution in [0.5, 0.6) is 0 Å². The average molecular weight is 267 g/mol. The first kappa shape index (κ1) is 13.1. The highest BCUT2D eigenvalue weighted by molar-refractivity contribution is 5.94. The van der Waals surface area contributed by atoms with E-state index < -0.39 is 28.8 Å². The predicted molar refractivity (Wildman–Crippen MR) is 63.9 cm³/mol. The molecular weight excluding hydrogens is 254 g/mol. The first-order chi connectivity index (χ1) is 8.95. The molecule has 1 aliphatic heterocycles. The van der Waals surface area contributed by atoms with Gasteiger partial charge in [0.15, 0.2) is 0 Å². The molecule has 19 heavy (non-hydrogen) atoms. The maximum atomic E-state index is 11.6. The molecule has 1 aromatic rings. The molecule has 0 aliphatic carbocycles. The molecule has 0 bridgehead atoms. The van der Waals surface area contributed by atoms with E-state index in [1.165, 1.54) is 10.8 Å². The number of fused-ring (bicyclic) bond motifs is 1. The fourth-order valence-electron chi connectivity index (χ4n) is 2.35. The van der Waals surface area contributed by atoms with E-state index >= 15 is 0 Å². The molecule has 8 heteroatoms. The molecule has 2 heterocycles. The van der Waals surface area contributed by atoms with Crippen LogP contribution >= 0.6 is 0 Å². The van der Waals surface area contributed by atoms with Gasteiger partial charge in [0, 0.05) is 12.6 Å². The molecule has 2 N–H and O–H groups in total. The van der Waals surface area contributed by atoms with Crippen molar-refractivity contribution in [2.24, 2.45) is 5.92 Å². The molecule has 1 amide bonds. The normalized spacial score (nSPS) is 19.4. The van der Waals surface area contributed by atoms with Gasteiger partial charge in [0.05, 0.1) is 23.1 Å². The van der Waals surface area contributed by atoms with E-state index in [1.54, 1.807) is 6.92 Å². The van der Waals surface area contributed by atoms with Gasteiger partial charge in [0.2, 0.25) is 0 Å². The molecule has 1 aliphatic rings. The van der Waals surface area contributed by atoms with Crippen molar-refractivity contribution in [1.29, 1.82) is 0 Å². The number of carbonyl (C=O) groups is 2. The van der Waals surface area contributed by atoms with E-state index in [1.807, 2.05) is 0 Å². The second-order valence-corrected chi connectivity index (χ2v) is 4.38. The molecule has 2 atom stereocenters. The largest absolute Gasteiger partial charge is 0.481 e. The number of aliphatic carboxylic acids is 1. The van der Waals surface area contributed by atoms with Crippen LogP contribution in [0.15, 0.2) is 12.3 Å². The Balaban J connectivity index is 2.47. The number of amides is 1. The van der Waals surface area contributed by atoms with Crippen molar-refractivity contribution in [3.63, 3.8) is 0 Å². The molecule has 0 fully saturated rings. The molecule has 0 saturated heterocycles. The lowest BCUT2D eigenvalue weighted by Crippen LogP contribution is -2.43. The van der Waals surface area contributed by atoms with Gasteiger partial charge < -0.3 is 15.0 Å². The Bertz CT molecular complexity index is 551. The highest BCUT2D eigenvalue weighted by Gasteiger charge is 2.35. The number of nitrogens with zero attached hydrogens (tertiary/aromatic N) is 2. The Morgan fingerprint density at radius 1 is 1.74 bits per heavy atom. The highest BCUT2D eigenvalue weighted by atomic mass is 16.6. The summed E-state index contributed by atoms with van der Waals surface area (Å²) in [6, 6.07) is 0.652. The topological polar surface area (TPSA) is 114 Å². The van der Waals surface area contributed by atoms with Crippen molar-refractivity contribution < 1.29 is 19.6 Å². The fourth-order valence-corrected chi connectivity index (χ4v) is 2.35. The minimum atomic E-state index is -0.981. The number of aromatic nitrogens is 1. The number of nitrogens with one attached hydrogen (secondary N) is 1. The van der Waals surface area contributed by atoms with E-state index in [0.717, 1.165) is 6.07 Å². The number of nitro groups is 1. The van der Waals surface area contributed by atoms with Crippen LogP contribution in [0.3, 0.4) is 0 Å². The van der Waals surface area contributed by atoms with Crippen molar-refractivity contribution in [2.45, 2.75) is 19.4 Å². The Labute approximate surface area is 108 Å². The quantitative estimate of drug-likeness (QED) is 0.618. The molecule has 2 rings (SSSR count). The van der Waals surface area contributed by atoms with Gasteiger partial charge in [0.25, 0.3) is 11.6 Å². The Morgan fingerprint density at radius 3 is 2.95 bits per heavy atom. The van der Waals surface area contributed by atoms with E-state index in [-0.39, 0.29) is 17.9 Å². The predicted octanol–water partition coefficient (Wildman–Crippen LogP) is 0.792.